The van der Waals surface area contributed by atoms with Crippen LogP contribution in [0.25, 0.3) is 0 Å². The van der Waals surface area contributed by atoms with Crippen molar-refractivity contribution in [3.63, 3.8) is 0 Å². The van der Waals surface area contributed by atoms with E-state index in [9.17, 15) is 14.8 Å². The molecule has 0 aliphatic carbocycles. The third kappa shape index (κ3) is 5.68. The molecular weight excluding hydrogens is 346 g/mol. The van der Waals surface area contributed by atoms with Crippen LogP contribution >= 0.6 is 0 Å². The standard InChI is InChI=1S/C20H31N3O4/c1-14(21-18(25)27-13-15-9-7-6-8-10-15)17(24)22-16-11-19(2,3)23(26)20(4,5)12-16/h6-10,14,16,26H,11-13H2,1-5H3,(H,21,25)(H,22,24)/t14-/m1/s1. The van der Waals surface area contributed by atoms with Crippen molar-refractivity contribution >= 4 is 12.0 Å². The van der Waals surface area contributed by atoms with Crippen molar-refractivity contribution in [1.82, 2.24) is 15.7 Å². The zero-order valence-corrected chi connectivity index (χ0v) is 16.8. The van der Waals surface area contributed by atoms with Gasteiger partial charge in [-0.15, -0.1) is 0 Å². The van der Waals surface area contributed by atoms with E-state index in [0.29, 0.717) is 12.8 Å². The van der Waals surface area contributed by atoms with Crippen molar-refractivity contribution in [2.45, 2.75) is 77.2 Å². The zero-order valence-electron chi connectivity index (χ0n) is 16.8. The van der Waals surface area contributed by atoms with Gasteiger partial charge in [0.05, 0.1) is 0 Å². The van der Waals surface area contributed by atoms with Crippen LogP contribution in [0.5, 0.6) is 0 Å². The van der Waals surface area contributed by atoms with Crippen LogP contribution in [0, 0.1) is 0 Å². The fraction of sp³-hybridized carbons (Fsp3) is 0.600. The van der Waals surface area contributed by atoms with Crippen molar-refractivity contribution in [3.8, 4) is 0 Å². The Hall–Kier alpha value is -2.12. The Morgan fingerprint density at radius 1 is 1.19 bits per heavy atom. The molecule has 1 aliphatic rings. The van der Waals surface area contributed by atoms with Gasteiger partial charge in [0.15, 0.2) is 0 Å². The Morgan fingerprint density at radius 2 is 1.74 bits per heavy atom. The molecule has 0 bridgehead atoms. The van der Waals surface area contributed by atoms with Crippen molar-refractivity contribution in [1.29, 1.82) is 0 Å². The second kappa shape index (κ2) is 8.27. The highest BCUT2D eigenvalue weighted by atomic mass is 16.5. The summed E-state index contributed by atoms with van der Waals surface area (Å²) in [5.41, 5.74) is -0.0272. The quantitative estimate of drug-likeness (QED) is 0.734. The number of nitrogens with zero attached hydrogens (tertiary/aromatic N) is 1. The minimum Gasteiger partial charge on any atom is -0.445 e. The van der Waals surface area contributed by atoms with Gasteiger partial charge in [0.2, 0.25) is 5.91 Å². The molecule has 3 N–H and O–H groups in total. The minimum atomic E-state index is -0.716. The number of piperidine rings is 1. The van der Waals surface area contributed by atoms with Gasteiger partial charge in [0.25, 0.3) is 0 Å². The average Bonchev–Trinajstić information content (AvgIpc) is 2.58. The second-order valence-corrected chi connectivity index (χ2v) is 8.48. The molecule has 2 rings (SSSR count). The molecule has 27 heavy (non-hydrogen) atoms. The predicted octanol–water partition coefficient (Wildman–Crippen LogP) is 2.83. The van der Waals surface area contributed by atoms with Crippen LogP contribution in [0.2, 0.25) is 0 Å². The summed E-state index contributed by atoms with van der Waals surface area (Å²) in [7, 11) is 0. The lowest BCUT2D eigenvalue weighted by molar-refractivity contribution is -0.246. The fourth-order valence-electron chi connectivity index (χ4n) is 3.71. The molecule has 7 nitrogen and oxygen atoms in total. The number of carbonyl (C=O) groups excluding carboxylic acids is 2. The van der Waals surface area contributed by atoms with Gasteiger partial charge in [-0.05, 0) is 53.0 Å². The molecule has 1 aromatic rings. The lowest BCUT2D eigenvalue weighted by Gasteiger charge is -2.51. The van der Waals surface area contributed by atoms with Gasteiger partial charge in [-0.2, -0.15) is 5.06 Å². The molecule has 1 aromatic carbocycles. The molecule has 1 fully saturated rings. The normalized spacial score (nSPS) is 20.5. The van der Waals surface area contributed by atoms with Crippen LogP contribution in [0.4, 0.5) is 4.79 Å². The smallest absolute Gasteiger partial charge is 0.408 e. The van der Waals surface area contributed by atoms with E-state index in [0.717, 1.165) is 5.56 Å². The molecule has 0 aromatic heterocycles. The number of carbonyl (C=O) groups is 2. The van der Waals surface area contributed by atoms with Gasteiger partial charge in [-0.1, -0.05) is 30.3 Å². The Morgan fingerprint density at radius 3 is 2.30 bits per heavy atom. The third-order valence-electron chi connectivity index (χ3n) is 4.93. The Bertz CT molecular complexity index is 642. The molecule has 1 aliphatic heterocycles. The fourth-order valence-corrected chi connectivity index (χ4v) is 3.71. The van der Waals surface area contributed by atoms with Gasteiger partial charge < -0.3 is 20.6 Å². The Labute approximate surface area is 161 Å². The van der Waals surface area contributed by atoms with Gasteiger partial charge in [-0.3, -0.25) is 4.79 Å². The van der Waals surface area contributed by atoms with Crippen LogP contribution in [-0.2, 0) is 16.1 Å². The van der Waals surface area contributed by atoms with E-state index >= 15 is 0 Å². The third-order valence-corrected chi connectivity index (χ3v) is 4.93. The zero-order chi connectivity index (χ0) is 20.2. The summed E-state index contributed by atoms with van der Waals surface area (Å²) in [5, 5.41) is 17.3. The molecule has 1 atom stereocenters. The Balaban J connectivity index is 1.83. The van der Waals surface area contributed by atoms with Gasteiger partial charge in [0.1, 0.15) is 12.6 Å². The van der Waals surface area contributed by atoms with Gasteiger partial charge in [-0.25, -0.2) is 4.79 Å². The summed E-state index contributed by atoms with van der Waals surface area (Å²) >= 11 is 0. The lowest BCUT2D eigenvalue weighted by atomic mass is 9.79. The van der Waals surface area contributed by atoms with E-state index in [4.69, 9.17) is 4.74 Å². The van der Waals surface area contributed by atoms with E-state index in [1.54, 1.807) is 6.92 Å². The molecule has 150 valence electrons. The maximum Gasteiger partial charge on any atom is 0.408 e. The number of benzene rings is 1. The molecular formula is C20H31N3O4. The van der Waals surface area contributed by atoms with E-state index in [-0.39, 0.29) is 18.6 Å². The number of amides is 2. The van der Waals surface area contributed by atoms with E-state index in [1.807, 2.05) is 58.0 Å². The SMILES string of the molecule is C[C@@H](NC(=O)OCc1ccccc1)C(=O)NC1CC(C)(C)N(O)C(C)(C)C1. The van der Waals surface area contributed by atoms with Crippen LogP contribution < -0.4 is 10.6 Å². The van der Waals surface area contributed by atoms with Crippen molar-refractivity contribution in [3.05, 3.63) is 35.9 Å². The van der Waals surface area contributed by atoms with Crippen molar-refractivity contribution < 1.29 is 19.5 Å². The average molecular weight is 377 g/mol. The second-order valence-electron chi connectivity index (χ2n) is 8.48. The number of nitrogens with one attached hydrogen (secondary N) is 2. The first-order valence-corrected chi connectivity index (χ1v) is 9.28. The molecule has 0 radical (unpaired) electrons. The monoisotopic (exact) mass is 377 g/mol. The number of rotatable bonds is 5. The highest BCUT2D eigenvalue weighted by Crippen LogP contribution is 2.36. The first-order valence-electron chi connectivity index (χ1n) is 9.28. The van der Waals surface area contributed by atoms with Crippen LogP contribution in [0.1, 0.15) is 53.0 Å². The number of alkyl carbamates (subject to hydrolysis) is 1. The topological polar surface area (TPSA) is 90.9 Å². The first kappa shape index (κ1) is 21.2. The van der Waals surface area contributed by atoms with E-state index in [2.05, 4.69) is 10.6 Å². The number of hydroxylamine groups is 2. The molecule has 0 unspecified atom stereocenters. The molecule has 1 saturated heterocycles. The largest absolute Gasteiger partial charge is 0.445 e. The highest BCUT2D eigenvalue weighted by molar-refractivity contribution is 5.85. The summed E-state index contributed by atoms with van der Waals surface area (Å²) in [6.07, 6.45) is 0.598. The van der Waals surface area contributed by atoms with Gasteiger partial charge in [0, 0.05) is 17.1 Å². The summed E-state index contributed by atoms with van der Waals surface area (Å²) in [6.45, 7) is 9.53. The predicted molar refractivity (Wildman–Crippen MR) is 102 cm³/mol. The van der Waals surface area contributed by atoms with Crippen LogP contribution in [-0.4, -0.2) is 45.4 Å². The molecule has 0 saturated carbocycles. The summed E-state index contributed by atoms with van der Waals surface area (Å²) < 4.78 is 5.15. The number of hydrogen-bond acceptors (Lipinski definition) is 5. The number of hydrogen-bond donors (Lipinski definition) is 3. The summed E-state index contributed by atoms with van der Waals surface area (Å²) in [4.78, 5) is 24.4. The Kier molecular flexibility index (Phi) is 6.49. The maximum absolute atomic E-state index is 12.5. The van der Waals surface area contributed by atoms with Crippen molar-refractivity contribution in [2.24, 2.45) is 0 Å². The molecule has 1 heterocycles. The summed E-state index contributed by atoms with van der Waals surface area (Å²) in [6, 6.07) is 8.55. The van der Waals surface area contributed by atoms with Gasteiger partial charge >= 0.3 is 6.09 Å². The highest BCUT2D eigenvalue weighted by Gasteiger charge is 2.45. The maximum atomic E-state index is 12.5. The summed E-state index contributed by atoms with van der Waals surface area (Å²) in [5.74, 6) is -0.269. The molecule has 0 spiro atoms. The lowest BCUT2D eigenvalue weighted by Crippen LogP contribution is -2.63. The minimum absolute atomic E-state index is 0.0875. The van der Waals surface area contributed by atoms with E-state index in [1.165, 1.54) is 5.06 Å². The van der Waals surface area contributed by atoms with Crippen LogP contribution in [0.3, 0.4) is 0 Å². The van der Waals surface area contributed by atoms with Crippen molar-refractivity contribution in [2.75, 3.05) is 0 Å². The molecule has 7 heteroatoms. The number of ether oxygens (including phenoxy) is 1. The first-order chi connectivity index (χ1) is 12.5. The van der Waals surface area contributed by atoms with E-state index < -0.39 is 23.2 Å². The molecule has 2 amide bonds. The van der Waals surface area contributed by atoms with Crippen LogP contribution in [0.15, 0.2) is 30.3 Å².